The molecule has 0 bridgehead atoms. The predicted octanol–water partition coefficient (Wildman–Crippen LogP) is 4.75. The van der Waals surface area contributed by atoms with E-state index >= 15 is 0 Å². The Kier molecular flexibility index (Phi) is 2.93. The standard InChI is InChI=1S/C12H8BrF3/c13-7-8-3-1-5-10-9(8)4-2-6-11(10)12(14,15)16/h1-6H,7H2. The van der Waals surface area contributed by atoms with Gasteiger partial charge in [-0.15, -0.1) is 0 Å². The molecule has 0 N–H and O–H groups in total. The summed E-state index contributed by atoms with van der Waals surface area (Å²) in [5.41, 5.74) is 0.288. The molecule has 4 heteroatoms. The molecular weight excluding hydrogens is 281 g/mol. The minimum Gasteiger partial charge on any atom is -0.166 e. The first-order valence-corrected chi connectivity index (χ1v) is 5.80. The lowest BCUT2D eigenvalue weighted by Crippen LogP contribution is -2.05. The first-order valence-electron chi connectivity index (χ1n) is 4.68. The van der Waals surface area contributed by atoms with Crippen LogP contribution in [0, 0.1) is 0 Å². The third-order valence-electron chi connectivity index (χ3n) is 2.46. The van der Waals surface area contributed by atoms with E-state index in [2.05, 4.69) is 15.9 Å². The van der Waals surface area contributed by atoms with Gasteiger partial charge < -0.3 is 0 Å². The average molecular weight is 289 g/mol. The third kappa shape index (κ3) is 1.94. The van der Waals surface area contributed by atoms with E-state index in [0.29, 0.717) is 10.7 Å². The quantitative estimate of drug-likeness (QED) is 0.664. The smallest absolute Gasteiger partial charge is 0.166 e. The highest BCUT2D eigenvalue weighted by molar-refractivity contribution is 9.08. The number of halogens is 4. The largest absolute Gasteiger partial charge is 0.417 e. The molecule has 0 radical (unpaired) electrons. The molecule has 16 heavy (non-hydrogen) atoms. The molecule has 2 aromatic carbocycles. The van der Waals surface area contributed by atoms with Crippen LogP contribution in [0.4, 0.5) is 13.2 Å². The fourth-order valence-corrected chi connectivity index (χ4v) is 2.23. The van der Waals surface area contributed by atoms with Gasteiger partial charge in [0.1, 0.15) is 0 Å². The van der Waals surface area contributed by atoms with Crippen molar-refractivity contribution < 1.29 is 13.2 Å². The van der Waals surface area contributed by atoms with Gasteiger partial charge in [-0.25, -0.2) is 0 Å². The molecule has 0 aliphatic heterocycles. The zero-order valence-corrected chi connectivity index (χ0v) is 9.77. The Balaban J connectivity index is 2.79. The minimum atomic E-state index is -4.30. The number of rotatable bonds is 1. The van der Waals surface area contributed by atoms with Gasteiger partial charge in [-0.05, 0) is 22.4 Å². The SMILES string of the molecule is FC(F)(F)c1cccc2c(CBr)cccc12. The summed E-state index contributed by atoms with van der Waals surface area (Å²) in [6.07, 6.45) is -4.30. The zero-order chi connectivity index (χ0) is 11.8. The van der Waals surface area contributed by atoms with Crippen LogP contribution < -0.4 is 0 Å². The average Bonchev–Trinajstić information content (AvgIpc) is 2.26. The van der Waals surface area contributed by atoms with Gasteiger partial charge >= 0.3 is 6.18 Å². The van der Waals surface area contributed by atoms with Gasteiger partial charge in [0.2, 0.25) is 0 Å². The molecule has 0 saturated heterocycles. The molecule has 0 aromatic heterocycles. The normalized spacial score (nSPS) is 12.0. The van der Waals surface area contributed by atoms with Crippen molar-refractivity contribution in [3.63, 3.8) is 0 Å². The minimum absolute atomic E-state index is 0.256. The summed E-state index contributed by atoms with van der Waals surface area (Å²) in [4.78, 5) is 0. The topological polar surface area (TPSA) is 0 Å². The van der Waals surface area contributed by atoms with Crippen molar-refractivity contribution in [2.75, 3.05) is 0 Å². The lowest BCUT2D eigenvalue weighted by molar-refractivity contribution is -0.136. The molecule has 0 aliphatic carbocycles. The molecule has 0 spiro atoms. The second-order valence-corrected chi connectivity index (χ2v) is 4.01. The highest BCUT2D eigenvalue weighted by Crippen LogP contribution is 2.35. The van der Waals surface area contributed by atoms with Crippen LogP contribution in [-0.4, -0.2) is 0 Å². The van der Waals surface area contributed by atoms with Crippen molar-refractivity contribution in [3.05, 3.63) is 47.5 Å². The Labute approximate surface area is 99.2 Å². The Morgan fingerprint density at radius 2 is 1.56 bits per heavy atom. The fraction of sp³-hybridized carbons (Fsp3) is 0.167. The molecule has 0 atom stereocenters. The van der Waals surface area contributed by atoms with Crippen LogP contribution in [0.2, 0.25) is 0 Å². The Bertz CT molecular complexity index is 517. The van der Waals surface area contributed by atoms with Crippen LogP contribution in [0.25, 0.3) is 10.8 Å². The van der Waals surface area contributed by atoms with Crippen molar-refractivity contribution >= 4 is 26.7 Å². The van der Waals surface area contributed by atoms with E-state index in [1.165, 1.54) is 12.1 Å². The molecule has 0 heterocycles. The molecule has 0 nitrogen and oxygen atoms in total. The summed E-state index contributed by atoms with van der Waals surface area (Å²) < 4.78 is 38.2. The van der Waals surface area contributed by atoms with Crippen LogP contribution in [0.1, 0.15) is 11.1 Å². The van der Waals surface area contributed by atoms with Crippen LogP contribution in [0.15, 0.2) is 36.4 Å². The second-order valence-electron chi connectivity index (χ2n) is 3.45. The van der Waals surface area contributed by atoms with Crippen molar-refractivity contribution in [1.82, 2.24) is 0 Å². The van der Waals surface area contributed by atoms with Crippen LogP contribution >= 0.6 is 15.9 Å². The summed E-state index contributed by atoms with van der Waals surface area (Å²) in [7, 11) is 0. The van der Waals surface area contributed by atoms with E-state index in [-0.39, 0.29) is 5.39 Å². The number of benzene rings is 2. The van der Waals surface area contributed by atoms with Gasteiger partial charge in [0.05, 0.1) is 5.56 Å². The molecule has 84 valence electrons. The van der Waals surface area contributed by atoms with Crippen LogP contribution in [0.3, 0.4) is 0 Å². The summed E-state index contributed by atoms with van der Waals surface area (Å²) in [6.45, 7) is 0. The molecule has 0 aliphatic rings. The van der Waals surface area contributed by atoms with Crippen LogP contribution in [-0.2, 0) is 11.5 Å². The van der Waals surface area contributed by atoms with Crippen molar-refractivity contribution in [1.29, 1.82) is 0 Å². The van der Waals surface area contributed by atoms with Crippen molar-refractivity contribution in [3.8, 4) is 0 Å². The van der Waals surface area contributed by atoms with Crippen molar-refractivity contribution in [2.45, 2.75) is 11.5 Å². The maximum atomic E-state index is 12.7. The fourth-order valence-electron chi connectivity index (χ4n) is 1.74. The van der Waals surface area contributed by atoms with Gasteiger partial charge in [-0.1, -0.05) is 46.3 Å². The Morgan fingerprint density at radius 1 is 0.938 bits per heavy atom. The molecule has 0 unspecified atom stereocenters. The maximum absolute atomic E-state index is 12.7. The maximum Gasteiger partial charge on any atom is 0.417 e. The molecule has 0 saturated carbocycles. The van der Waals surface area contributed by atoms with Gasteiger partial charge in [0.25, 0.3) is 0 Å². The molecule has 2 rings (SSSR count). The van der Waals surface area contributed by atoms with Gasteiger partial charge in [0, 0.05) is 5.33 Å². The van der Waals surface area contributed by atoms with Gasteiger partial charge in [0.15, 0.2) is 0 Å². The summed E-state index contributed by atoms with van der Waals surface area (Å²) in [6, 6.07) is 9.23. The van der Waals surface area contributed by atoms with E-state index in [1.807, 2.05) is 6.07 Å². The van der Waals surface area contributed by atoms with E-state index in [1.54, 1.807) is 12.1 Å². The highest BCUT2D eigenvalue weighted by atomic mass is 79.9. The summed E-state index contributed by atoms with van der Waals surface area (Å²) in [5, 5.41) is 1.45. The third-order valence-corrected chi connectivity index (χ3v) is 3.07. The Morgan fingerprint density at radius 3 is 2.19 bits per heavy atom. The van der Waals surface area contributed by atoms with E-state index < -0.39 is 11.7 Å². The van der Waals surface area contributed by atoms with Crippen molar-refractivity contribution in [2.24, 2.45) is 0 Å². The summed E-state index contributed by atoms with van der Waals surface area (Å²) >= 11 is 3.27. The molecular formula is C12H8BrF3. The lowest BCUT2D eigenvalue weighted by Gasteiger charge is -2.11. The number of alkyl halides is 4. The zero-order valence-electron chi connectivity index (χ0n) is 8.18. The first kappa shape index (κ1) is 11.5. The first-order chi connectivity index (χ1) is 7.54. The molecule has 0 fully saturated rings. The lowest BCUT2D eigenvalue weighted by atomic mass is 10.0. The Hall–Kier alpha value is -1.03. The number of hydrogen-bond acceptors (Lipinski definition) is 0. The van der Waals surface area contributed by atoms with E-state index in [0.717, 1.165) is 11.6 Å². The molecule has 2 aromatic rings. The van der Waals surface area contributed by atoms with E-state index in [9.17, 15) is 13.2 Å². The number of hydrogen-bond donors (Lipinski definition) is 0. The predicted molar refractivity (Wildman–Crippen MR) is 61.6 cm³/mol. The monoisotopic (exact) mass is 288 g/mol. The highest BCUT2D eigenvalue weighted by Gasteiger charge is 2.32. The molecule has 0 amide bonds. The second kappa shape index (κ2) is 4.09. The summed E-state index contributed by atoms with van der Waals surface area (Å²) in [5.74, 6) is 0. The number of fused-ring (bicyclic) bond motifs is 1. The van der Waals surface area contributed by atoms with Gasteiger partial charge in [-0.3, -0.25) is 0 Å². The van der Waals surface area contributed by atoms with E-state index in [4.69, 9.17) is 0 Å². The van der Waals surface area contributed by atoms with Gasteiger partial charge in [-0.2, -0.15) is 13.2 Å². The van der Waals surface area contributed by atoms with Crippen LogP contribution in [0.5, 0.6) is 0 Å².